The molecule has 1 aromatic heterocycles. The third kappa shape index (κ3) is 0.711. The Morgan fingerprint density at radius 1 is 1.30 bits per heavy atom. The molecule has 0 saturated carbocycles. The fourth-order valence-corrected chi connectivity index (χ4v) is 1.28. The molecule has 2 rings (SSSR count). The predicted octanol–water partition coefficient (Wildman–Crippen LogP) is 2.93. The summed E-state index contributed by atoms with van der Waals surface area (Å²) in [5.74, 6) is 0. The highest BCUT2D eigenvalue weighted by Crippen LogP contribution is 2.21. The number of H-pyrrole nitrogens is 1. The van der Waals surface area contributed by atoms with Gasteiger partial charge in [-0.3, -0.25) is 0 Å². The maximum absolute atomic E-state index is 5.88. The zero-order chi connectivity index (χ0) is 6.97. The third-order valence-electron chi connectivity index (χ3n) is 1.54. The van der Waals surface area contributed by atoms with E-state index in [4.69, 9.17) is 11.6 Å². The molecule has 0 saturated heterocycles. The predicted molar refractivity (Wildman–Crippen MR) is 44.4 cm³/mol. The van der Waals surface area contributed by atoms with Crippen molar-refractivity contribution in [1.29, 1.82) is 0 Å². The summed E-state index contributed by atoms with van der Waals surface area (Å²) >= 11 is 5.88. The van der Waals surface area contributed by atoms with Gasteiger partial charge in [0.15, 0.2) is 0 Å². The number of aromatic nitrogens is 1. The van der Waals surface area contributed by atoms with Crippen LogP contribution >= 0.6 is 11.6 Å². The van der Waals surface area contributed by atoms with E-state index in [1.54, 1.807) is 0 Å². The molecule has 0 fully saturated rings. The minimum Gasteiger partial charge on any atom is -0.361 e. The van der Waals surface area contributed by atoms with Crippen LogP contribution < -0.4 is 0 Å². The van der Waals surface area contributed by atoms with Crippen molar-refractivity contribution in [2.24, 2.45) is 0 Å². The molecule has 0 aliphatic heterocycles. The lowest BCUT2D eigenvalue weighted by Gasteiger charge is -1.89. The lowest BCUT2D eigenvalue weighted by molar-refractivity contribution is 1.48. The summed E-state index contributed by atoms with van der Waals surface area (Å²) < 4.78 is 0. The van der Waals surface area contributed by atoms with E-state index in [0.717, 1.165) is 15.9 Å². The van der Waals surface area contributed by atoms with Crippen molar-refractivity contribution in [3.63, 3.8) is 0 Å². The molecule has 0 atom stereocenters. The van der Waals surface area contributed by atoms with E-state index in [-0.39, 0.29) is 1.43 Å². The Bertz CT molecular complexity index is 356. The number of hydrogen-bond donors (Lipinski definition) is 1. The van der Waals surface area contributed by atoms with Gasteiger partial charge in [0.05, 0.1) is 0 Å². The van der Waals surface area contributed by atoms with Crippen LogP contribution in [0.3, 0.4) is 0 Å². The molecule has 0 aliphatic rings. The fraction of sp³-hybridized carbons (Fsp3) is 0. The van der Waals surface area contributed by atoms with Crippen molar-refractivity contribution in [3.05, 3.63) is 35.5 Å². The molecule has 0 aliphatic carbocycles. The fourth-order valence-electron chi connectivity index (χ4n) is 1.05. The Balaban J connectivity index is 0.000000605. The number of hydrogen-bond acceptors (Lipinski definition) is 0. The van der Waals surface area contributed by atoms with E-state index in [9.17, 15) is 0 Å². The molecule has 0 spiro atoms. The summed E-state index contributed by atoms with van der Waals surface area (Å²) in [6, 6.07) is 7.79. The Morgan fingerprint density at radius 2 is 2.20 bits per heavy atom. The van der Waals surface area contributed by atoms with Gasteiger partial charge in [-0.1, -0.05) is 17.7 Å². The molecule has 0 radical (unpaired) electrons. The van der Waals surface area contributed by atoms with Crippen molar-refractivity contribution in [3.8, 4) is 0 Å². The number of benzene rings is 1. The minimum absolute atomic E-state index is 0. The van der Waals surface area contributed by atoms with Gasteiger partial charge in [-0.2, -0.15) is 0 Å². The quantitative estimate of drug-likeness (QED) is 0.598. The summed E-state index contributed by atoms with van der Waals surface area (Å²) in [5, 5.41) is 1.89. The Kier molecular flexibility index (Phi) is 1.18. The number of aromatic amines is 1. The van der Waals surface area contributed by atoms with Crippen LogP contribution in [-0.4, -0.2) is 4.98 Å². The van der Waals surface area contributed by atoms with E-state index in [0.29, 0.717) is 0 Å². The molecule has 0 bridgehead atoms. The minimum atomic E-state index is 0. The first kappa shape index (κ1) is 5.81. The molecule has 2 aromatic rings. The van der Waals surface area contributed by atoms with Crippen molar-refractivity contribution in [2.75, 3.05) is 0 Å². The molecule has 50 valence electrons. The van der Waals surface area contributed by atoms with Crippen LogP contribution in [0.1, 0.15) is 1.43 Å². The molecular weight excluding hydrogens is 146 g/mol. The summed E-state index contributed by atoms with van der Waals surface area (Å²) in [6.07, 6.45) is 1.89. The Morgan fingerprint density at radius 3 is 3.00 bits per heavy atom. The molecule has 2 heteroatoms. The normalized spacial score (nSPS) is 10.5. The summed E-state index contributed by atoms with van der Waals surface area (Å²) in [5.41, 5.74) is 1.09. The average Bonchev–Trinajstić information content (AvgIpc) is 2.36. The van der Waals surface area contributed by atoms with Gasteiger partial charge in [0.1, 0.15) is 0 Å². The molecule has 1 heterocycles. The second-order valence-corrected chi connectivity index (χ2v) is 2.59. The second kappa shape index (κ2) is 2.03. The number of nitrogens with one attached hydrogen (secondary N) is 1. The molecule has 0 amide bonds. The van der Waals surface area contributed by atoms with Gasteiger partial charge in [0.2, 0.25) is 0 Å². The molecule has 1 nitrogen and oxygen atoms in total. The van der Waals surface area contributed by atoms with Gasteiger partial charge in [-0.15, -0.1) is 0 Å². The topological polar surface area (TPSA) is 15.8 Å². The van der Waals surface area contributed by atoms with Crippen LogP contribution in [0, 0.1) is 0 Å². The lowest BCUT2D eigenvalue weighted by Crippen LogP contribution is -1.66. The first-order valence-corrected chi connectivity index (χ1v) is 3.47. The van der Waals surface area contributed by atoms with Gasteiger partial charge in [0.25, 0.3) is 0 Å². The van der Waals surface area contributed by atoms with E-state index in [1.165, 1.54) is 0 Å². The number of fused-ring (bicyclic) bond motifs is 1. The first-order valence-electron chi connectivity index (χ1n) is 3.09. The Labute approximate surface area is 65.1 Å². The highest BCUT2D eigenvalue weighted by Gasteiger charge is 1.95. The van der Waals surface area contributed by atoms with Crippen LogP contribution in [0.25, 0.3) is 10.9 Å². The van der Waals surface area contributed by atoms with Gasteiger partial charge in [-0.25, -0.2) is 0 Å². The van der Waals surface area contributed by atoms with Gasteiger partial charge in [0, 0.05) is 22.1 Å². The second-order valence-electron chi connectivity index (χ2n) is 2.18. The third-order valence-corrected chi connectivity index (χ3v) is 1.87. The molecule has 1 aromatic carbocycles. The maximum Gasteiger partial charge on any atom is 1.00 e. The largest absolute Gasteiger partial charge is 1.00 e. The van der Waals surface area contributed by atoms with E-state index < -0.39 is 0 Å². The zero-order valence-corrected chi connectivity index (χ0v) is 6.02. The van der Waals surface area contributed by atoms with E-state index >= 15 is 0 Å². The van der Waals surface area contributed by atoms with Crippen molar-refractivity contribution in [2.45, 2.75) is 0 Å². The van der Waals surface area contributed by atoms with Gasteiger partial charge < -0.3 is 4.98 Å². The first-order chi connectivity index (χ1) is 4.88. The maximum atomic E-state index is 5.88. The van der Waals surface area contributed by atoms with Gasteiger partial charge >= 0.3 is 1.43 Å². The van der Waals surface area contributed by atoms with Gasteiger partial charge in [-0.05, 0) is 18.2 Å². The summed E-state index contributed by atoms with van der Waals surface area (Å²) in [4.78, 5) is 3.08. The van der Waals surface area contributed by atoms with E-state index in [2.05, 4.69) is 4.98 Å². The smallest absolute Gasteiger partial charge is 0.361 e. The highest BCUT2D eigenvalue weighted by molar-refractivity contribution is 6.35. The SMILES string of the molecule is Clc1cccc2[nH]ccc12.[H+]. The van der Waals surface area contributed by atoms with Crippen molar-refractivity contribution < 1.29 is 1.43 Å². The Hall–Kier alpha value is -0.950. The molecule has 1 N–H and O–H groups in total. The van der Waals surface area contributed by atoms with E-state index in [1.807, 2.05) is 30.5 Å². The molecular formula is C8H7ClN+. The number of rotatable bonds is 0. The molecule has 0 unspecified atom stereocenters. The lowest BCUT2D eigenvalue weighted by atomic mass is 10.2. The van der Waals surface area contributed by atoms with Crippen LogP contribution in [0.2, 0.25) is 5.02 Å². The number of halogens is 1. The van der Waals surface area contributed by atoms with Crippen molar-refractivity contribution in [1.82, 2.24) is 4.98 Å². The van der Waals surface area contributed by atoms with Crippen LogP contribution in [-0.2, 0) is 0 Å². The standard InChI is InChI=1S/C8H6ClN/c9-7-2-1-3-8-6(7)4-5-10-8/h1-5,10H/p+1. The van der Waals surface area contributed by atoms with Crippen LogP contribution in [0.5, 0.6) is 0 Å². The average molecular weight is 153 g/mol. The monoisotopic (exact) mass is 152 g/mol. The van der Waals surface area contributed by atoms with Crippen LogP contribution in [0.4, 0.5) is 0 Å². The van der Waals surface area contributed by atoms with Crippen molar-refractivity contribution >= 4 is 22.5 Å². The van der Waals surface area contributed by atoms with Crippen LogP contribution in [0.15, 0.2) is 30.5 Å². The summed E-state index contributed by atoms with van der Waals surface area (Å²) in [6.45, 7) is 0. The zero-order valence-electron chi connectivity index (χ0n) is 6.26. The summed E-state index contributed by atoms with van der Waals surface area (Å²) in [7, 11) is 0. The molecule has 10 heavy (non-hydrogen) atoms. The highest BCUT2D eigenvalue weighted by atomic mass is 35.5.